The molecule has 0 bridgehead atoms. The van der Waals surface area contributed by atoms with E-state index in [4.69, 9.17) is 5.11 Å². The van der Waals surface area contributed by atoms with Gasteiger partial charge in [0.15, 0.2) is 0 Å². The number of aliphatic hydroxyl groups excluding tert-OH is 1. The standard InChI is InChI=1S/C16H17N5O2S/c1-10(2)16-17-7-14(24-16)15(23)18-11-3-5-13(6-4-11)21-8-12(9-22)19-20-21/h3-8,10,22H,9H2,1-2H3,(H,18,23). The summed E-state index contributed by atoms with van der Waals surface area (Å²) in [6.07, 6.45) is 3.26. The predicted molar refractivity (Wildman–Crippen MR) is 91.4 cm³/mol. The summed E-state index contributed by atoms with van der Waals surface area (Å²) in [5.74, 6) is 0.137. The second-order valence-electron chi connectivity index (χ2n) is 5.53. The highest BCUT2D eigenvalue weighted by Crippen LogP contribution is 2.22. The Morgan fingerprint density at radius 1 is 1.33 bits per heavy atom. The highest BCUT2D eigenvalue weighted by molar-refractivity contribution is 7.13. The van der Waals surface area contributed by atoms with E-state index in [9.17, 15) is 4.79 Å². The summed E-state index contributed by atoms with van der Waals surface area (Å²) >= 11 is 1.40. The lowest BCUT2D eigenvalue weighted by Gasteiger charge is -2.05. The highest BCUT2D eigenvalue weighted by atomic mass is 32.1. The topological polar surface area (TPSA) is 92.9 Å². The molecular weight excluding hydrogens is 326 g/mol. The number of hydrogen-bond acceptors (Lipinski definition) is 6. The monoisotopic (exact) mass is 343 g/mol. The normalized spacial score (nSPS) is 11.0. The lowest BCUT2D eigenvalue weighted by Crippen LogP contribution is -2.10. The van der Waals surface area contributed by atoms with Crippen LogP contribution < -0.4 is 5.32 Å². The first-order chi connectivity index (χ1) is 11.6. The van der Waals surface area contributed by atoms with Gasteiger partial charge < -0.3 is 10.4 Å². The first-order valence-electron chi connectivity index (χ1n) is 7.46. The zero-order valence-corrected chi connectivity index (χ0v) is 14.1. The number of anilines is 1. The summed E-state index contributed by atoms with van der Waals surface area (Å²) in [5.41, 5.74) is 1.98. The number of nitrogens with one attached hydrogen (secondary N) is 1. The lowest BCUT2D eigenvalue weighted by atomic mass is 10.2. The molecule has 1 amide bonds. The lowest BCUT2D eigenvalue weighted by molar-refractivity contribution is 0.103. The minimum absolute atomic E-state index is 0.151. The van der Waals surface area contributed by atoms with Crippen LogP contribution in [0.2, 0.25) is 0 Å². The van der Waals surface area contributed by atoms with E-state index in [0.29, 0.717) is 22.2 Å². The zero-order chi connectivity index (χ0) is 17.1. The molecule has 2 N–H and O–H groups in total. The molecule has 8 heteroatoms. The molecule has 0 fully saturated rings. The quantitative estimate of drug-likeness (QED) is 0.743. The van der Waals surface area contributed by atoms with Gasteiger partial charge in [0, 0.05) is 11.6 Å². The Morgan fingerprint density at radius 3 is 2.67 bits per heavy atom. The van der Waals surface area contributed by atoms with Crippen molar-refractivity contribution in [1.82, 2.24) is 20.0 Å². The molecule has 2 heterocycles. The molecule has 3 rings (SSSR count). The molecule has 3 aromatic rings. The number of hydrogen-bond donors (Lipinski definition) is 2. The Bertz CT molecular complexity index is 838. The van der Waals surface area contributed by atoms with Crippen molar-refractivity contribution in [1.29, 1.82) is 0 Å². The van der Waals surface area contributed by atoms with E-state index in [0.717, 1.165) is 10.7 Å². The third kappa shape index (κ3) is 3.50. The Balaban J connectivity index is 1.70. The molecule has 0 atom stereocenters. The van der Waals surface area contributed by atoms with Crippen LogP contribution >= 0.6 is 11.3 Å². The minimum atomic E-state index is -0.171. The number of thiazole rings is 1. The van der Waals surface area contributed by atoms with Crippen molar-refractivity contribution >= 4 is 22.9 Å². The van der Waals surface area contributed by atoms with E-state index in [2.05, 4.69) is 20.6 Å². The summed E-state index contributed by atoms with van der Waals surface area (Å²) in [7, 11) is 0. The van der Waals surface area contributed by atoms with E-state index < -0.39 is 0 Å². The van der Waals surface area contributed by atoms with Crippen molar-refractivity contribution in [3.05, 3.63) is 52.2 Å². The van der Waals surface area contributed by atoms with Gasteiger partial charge in [0.1, 0.15) is 10.6 Å². The summed E-state index contributed by atoms with van der Waals surface area (Å²) in [6, 6.07) is 7.21. The molecule has 7 nitrogen and oxygen atoms in total. The number of benzene rings is 1. The molecule has 0 unspecified atom stereocenters. The van der Waals surface area contributed by atoms with E-state index in [-0.39, 0.29) is 12.5 Å². The van der Waals surface area contributed by atoms with E-state index in [1.54, 1.807) is 29.2 Å². The molecule has 0 spiro atoms. The van der Waals surface area contributed by atoms with Gasteiger partial charge in [-0.15, -0.1) is 16.4 Å². The van der Waals surface area contributed by atoms with E-state index >= 15 is 0 Å². The first kappa shape index (κ1) is 16.3. The van der Waals surface area contributed by atoms with Crippen molar-refractivity contribution < 1.29 is 9.90 Å². The number of carbonyl (C=O) groups is 1. The molecule has 0 saturated carbocycles. The van der Waals surface area contributed by atoms with Crippen LogP contribution in [0, 0.1) is 0 Å². The van der Waals surface area contributed by atoms with Crippen LogP contribution in [0.25, 0.3) is 5.69 Å². The second kappa shape index (κ2) is 6.90. The van der Waals surface area contributed by atoms with Crippen LogP contribution in [-0.4, -0.2) is 31.0 Å². The van der Waals surface area contributed by atoms with Crippen LogP contribution in [0.4, 0.5) is 5.69 Å². The van der Waals surface area contributed by atoms with Crippen molar-refractivity contribution in [2.24, 2.45) is 0 Å². The van der Waals surface area contributed by atoms with Gasteiger partial charge in [0.05, 0.1) is 29.7 Å². The fraction of sp³-hybridized carbons (Fsp3) is 0.250. The average molecular weight is 343 g/mol. The molecule has 0 radical (unpaired) electrons. The second-order valence-corrected chi connectivity index (χ2v) is 6.59. The molecule has 0 saturated heterocycles. The summed E-state index contributed by atoms with van der Waals surface area (Å²) < 4.78 is 1.56. The summed E-state index contributed by atoms with van der Waals surface area (Å²) in [5, 5.41) is 20.6. The summed E-state index contributed by atoms with van der Waals surface area (Å²) in [6.45, 7) is 3.94. The van der Waals surface area contributed by atoms with Crippen LogP contribution in [0.15, 0.2) is 36.7 Å². The fourth-order valence-electron chi connectivity index (χ4n) is 2.05. The Labute approximate surface area is 143 Å². The molecule has 1 aromatic carbocycles. The molecule has 24 heavy (non-hydrogen) atoms. The van der Waals surface area contributed by atoms with Crippen molar-refractivity contribution in [3.8, 4) is 5.69 Å². The zero-order valence-electron chi connectivity index (χ0n) is 13.3. The molecule has 0 aliphatic heterocycles. The Hall–Kier alpha value is -2.58. The molecule has 0 aliphatic carbocycles. The smallest absolute Gasteiger partial charge is 0.267 e. The Kier molecular flexibility index (Phi) is 4.68. The summed E-state index contributed by atoms with van der Waals surface area (Å²) in [4.78, 5) is 17.1. The maximum atomic E-state index is 12.3. The van der Waals surface area contributed by atoms with Gasteiger partial charge >= 0.3 is 0 Å². The highest BCUT2D eigenvalue weighted by Gasteiger charge is 2.12. The van der Waals surface area contributed by atoms with Gasteiger partial charge in [-0.25, -0.2) is 9.67 Å². The van der Waals surface area contributed by atoms with Crippen molar-refractivity contribution in [2.45, 2.75) is 26.4 Å². The van der Waals surface area contributed by atoms with Crippen molar-refractivity contribution in [3.63, 3.8) is 0 Å². The third-order valence-electron chi connectivity index (χ3n) is 3.33. The SMILES string of the molecule is CC(C)c1ncc(C(=O)Nc2ccc(-n3cc(CO)nn3)cc2)s1. The molecular formula is C16H17N5O2S. The number of aliphatic hydroxyl groups is 1. The molecule has 2 aromatic heterocycles. The predicted octanol–water partition coefficient (Wildman–Crippen LogP) is 2.59. The number of rotatable bonds is 5. The van der Waals surface area contributed by atoms with Crippen LogP contribution in [0.3, 0.4) is 0 Å². The molecule has 0 aliphatic rings. The average Bonchev–Trinajstić information content (AvgIpc) is 3.25. The maximum absolute atomic E-state index is 12.3. The molecule has 124 valence electrons. The third-order valence-corrected chi connectivity index (χ3v) is 4.63. The minimum Gasteiger partial charge on any atom is -0.390 e. The number of aromatic nitrogens is 4. The maximum Gasteiger partial charge on any atom is 0.267 e. The van der Waals surface area contributed by atoms with Gasteiger partial charge in [0.25, 0.3) is 5.91 Å². The number of carbonyl (C=O) groups excluding carboxylic acids is 1. The van der Waals surface area contributed by atoms with Crippen LogP contribution in [0.1, 0.15) is 40.1 Å². The fourth-order valence-corrected chi connectivity index (χ4v) is 2.86. The van der Waals surface area contributed by atoms with E-state index in [1.807, 2.05) is 26.0 Å². The van der Waals surface area contributed by atoms with Gasteiger partial charge in [-0.2, -0.15) is 0 Å². The van der Waals surface area contributed by atoms with Gasteiger partial charge in [-0.3, -0.25) is 4.79 Å². The van der Waals surface area contributed by atoms with Crippen molar-refractivity contribution in [2.75, 3.05) is 5.32 Å². The van der Waals surface area contributed by atoms with Crippen LogP contribution in [-0.2, 0) is 6.61 Å². The largest absolute Gasteiger partial charge is 0.390 e. The Morgan fingerprint density at radius 2 is 2.08 bits per heavy atom. The van der Waals surface area contributed by atoms with E-state index in [1.165, 1.54) is 11.3 Å². The van der Waals surface area contributed by atoms with Gasteiger partial charge in [-0.1, -0.05) is 19.1 Å². The van der Waals surface area contributed by atoms with Crippen LogP contribution in [0.5, 0.6) is 0 Å². The van der Waals surface area contributed by atoms with Gasteiger partial charge in [-0.05, 0) is 24.3 Å². The number of nitrogens with zero attached hydrogens (tertiary/aromatic N) is 4. The van der Waals surface area contributed by atoms with Gasteiger partial charge in [0.2, 0.25) is 0 Å². The first-order valence-corrected chi connectivity index (χ1v) is 8.28. The number of amides is 1.